The maximum absolute atomic E-state index is 12.3. The van der Waals surface area contributed by atoms with Gasteiger partial charge in [-0.15, -0.1) is 0 Å². The molecule has 9 heteroatoms. The van der Waals surface area contributed by atoms with E-state index in [1.165, 1.54) is 13.8 Å². The van der Waals surface area contributed by atoms with Crippen molar-refractivity contribution in [2.24, 2.45) is 5.92 Å². The van der Waals surface area contributed by atoms with Crippen molar-refractivity contribution in [3.63, 3.8) is 0 Å². The van der Waals surface area contributed by atoms with Crippen molar-refractivity contribution in [3.8, 4) is 0 Å². The minimum Gasteiger partial charge on any atom is -0.339 e. The molecule has 0 aliphatic heterocycles. The number of nitrogens with zero attached hydrogens (tertiary/aromatic N) is 1. The Bertz CT molecular complexity index is 297. The zero-order valence-electron chi connectivity index (χ0n) is 9.79. The van der Waals surface area contributed by atoms with E-state index in [0.29, 0.717) is 4.90 Å². The van der Waals surface area contributed by atoms with Crippen LogP contribution in [0.1, 0.15) is 13.8 Å². The molecule has 108 valence electrons. The normalized spacial score (nSPS) is 13.9. The summed E-state index contributed by atoms with van der Waals surface area (Å²) in [5.41, 5.74) is -1.16. The highest BCUT2D eigenvalue weighted by molar-refractivity contribution is 9.09. The molecule has 0 rings (SSSR count). The molecule has 1 amide bonds. The lowest BCUT2D eigenvalue weighted by Gasteiger charge is -2.37. The fourth-order valence-electron chi connectivity index (χ4n) is 1.05. The summed E-state index contributed by atoms with van der Waals surface area (Å²) in [6.07, 6.45) is -11.3. The fourth-order valence-corrected chi connectivity index (χ4v) is 1.42. The van der Waals surface area contributed by atoms with Gasteiger partial charge in [0.25, 0.3) is 0 Å². The van der Waals surface area contributed by atoms with Gasteiger partial charge in [-0.3, -0.25) is 4.79 Å². The van der Waals surface area contributed by atoms with Crippen molar-refractivity contribution in [2.75, 3.05) is 12.4 Å². The predicted molar refractivity (Wildman–Crippen MR) is 56.2 cm³/mol. The zero-order chi connectivity index (χ0) is 14.9. The molecule has 0 N–H and O–H groups in total. The number of hydrogen-bond donors (Lipinski definition) is 0. The van der Waals surface area contributed by atoms with E-state index in [1.807, 2.05) is 0 Å². The summed E-state index contributed by atoms with van der Waals surface area (Å²) < 4.78 is 74.0. The van der Waals surface area contributed by atoms with Crippen molar-refractivity contribution in [2.45, 2.75) is 31.7 Å². The van der Waals surface area contributed by atoms with Crippen molar-refractivity contribution < 1.29 is 31.1 Å². The van der Waals surface area contributed by atoms with Crippen LogP contribution in [0.2, 0.25) is 0 Å². The Morgan fingerprint density at radius 1 is 1.11 bits per heavy atom. The first kappa shape index (κ1) is 17.5. The molecular weight excluding hydrogens is 332 g/mol. The van der Waals surface area contributed by atoms with Crippen LogP contribution in [-0.4, -0.2) is 41.1 Å². The van der Waals surface area contributed by atoms with Crippen LogP contribution in [0.4, 0.5) is 26.3 Å². The maximum atomic E-state index is 12.3. The molecule has 0 fully saturated rings. The molecule has 0 saturated heterocycles. The molecule has 18 heavy (non-hydrogen) atoms. The summed E-state index contributed by atoms with van der Waals surface area (Å²) in [5.74, 6) is -6.01. The average molecular weight is 344 g/mol. The Balaban J connectivity index is 5.37. The van der Waals surface area contributed by atoms with Gasteiger partial charge in [-0.25, -0.2) is 0 Å². The largest absolute Gasteiger partial charge is 0.409 e. The van der Waals surface area contributed by atoms with E-state index in [4.69, 9.17) is 0 Å². The molecule has 0 bridgehead atoms. The molecule has 0 aromatic heterocycles. The highest BCUT2D eigenvalue weighted by atomic mass is 79.9. The number of carbonyl (C=O) groups is 1. The lowest BCUT2D eigenvalue weighted by atomic mass is 10.0. The van der Waals surface area contributed by atoms with Crippen LogP contribution >= 0.6 is 15.9 Å². The van der Waals surface area contributed by atoms with Crippen LogP contribution in [0.5, 0.6) is 0 Å². The summed E-state index contributed by atoms with van der Waals surface area (Å²) in [6, 6.07) is 0. The first-order valence-corrected chi connectivity index (χ1v) is 5.84. The minimum atomic E-state index is -5.66. The number of carbonyl (C=O) groups excluding carboxylic acids is 1. The molecule has 0 spiro atoms. The number of halogens is 7. The third kappa shape index (κ3) is 4.03. The maximum Gasteiger partial charge on any atom is 0.409 e. The van der Waals surface area contributed by atoms with Crippen LogP contribution < -0.4 is 0 Å². The Morgan fingerprint density at radius 3 is 1.67 bits per heavy atom. The standard InChI is InChI=1S/C9H12BrF6NO/c1-7(2,4-10)17(3)6(18)5(8(11,12)13)9(14,15)16/h5H,4H2,1-3H3. The van der Waals surface area contributed by atoms with Gasteiger partial charge in [-0.2, -0.15) is 26.3 Å². The van der Waals surface area contributed by atoms with Crippen molar-refractivity contribution in [1.82, 2.24) is 4.90 Å². The number of amides is 1. The molecule has 0 aliphatic carbocycles. The molecule has 2 nitrogen and oxygen atoms in total. The zero-order valence-corrected chi connectivity index (χ0v) is 11.4. The van der Waals surface area contributed by atoms with Crippen LogP contribution in [0, 0.1) is 5.92 Å². The van der Waals surface area contributed by atoms with E-state index in [0.717, 1.165) is 7.05 Å². The van der Waals surface area contributed by atoms with Gasteiger partial charge in [-0.05, 0) is 13.8 Å². The average Bonchev–Trinajstić information content (AvgIpc) is 2.11. The quantitative estimate of drug-likeness (QED) is 0.568. The number of alkyl halides is 7. The van der Waals surface area contributed by atoms with Crippen molar-refractivity contribution in [1.29, 1.82) is 0 Å². The Hall–Kier alpha value is -0.470. The first-order chi connectivity index (χ1) is 7.75. The predicted octanol–water partition coefficient (Wildman–Crippen LogP) is 3.36. The Labute approximate surface area is 108 Å². The van der Waals surface area contributed by atoms with Crippen LogP contribution in [0.15, 0.2) is 0 Å². The van der Waals surface area contributed by atoms with E-state index in [1.54, 1.807) is 0 Å². The summed E-state index contributed by atoms with van der Waals surface area (Å²) in [7, 11) is 0.911. The number of rotatable bonds is 3. The molecule has 0 heterocycles. The van der Waals surface area contributed by atoms with Gasteiger partial charge in [0, 0.05) is 17.9 Å². The smallest absolute Gasteiger partial charge is 0.339 e. The molecule has 0 aliphatic rings. The molecule has 0 saturated carbocycles. The number of hydrogen-bond acceptors (Lipinski definition) is 1. The van der Waals surface area contributed by atoms with Crippen LogP contribution in [0.25, 0.3) is 0 Å². The first-order valence-electron chi connectivity index (χ1n) is 4.72. The van der Waals surface area contributed by atoms with Gasteiger partial charge in [0.1, 0.15) is 0 Å². The Kier molecular flexibility index (Phi) is 5.12. The highest BCUT2D eigenvalue weighted by Gasteiger charge is 2.62. The summed E-state index contributed by atoms with van der Waals surface area (Å²) in [4.78, 5) is 11.9. The second-order valence-electron chi connectivity index (χ2n) is 4.36. The summed E-state index contributed by atoms with van der Waals surface area (Å²) in [5, 5.41) is 0.0463. The Morgan fingerprint density at radius 2 is 1.44 bits per heavy atom. The summed E-state index contributed by atoms with van der Waals surface area (Å²) in [6.45, 7) is 2.70. The lowest BCUT2D eigenvalue weighted by Crippen LogP contribution is -2.55. The lowest BCUT2D eigenvalue weighted by molar-refractivity contribution is -0.278. The fraction of sp³-hybridized carbons (Fsp3) is 0.889. The second-order valence-corrected chi connectivity index (χ2v) is 4.92. The SMILES string of the molecule is CN(C(=O)C(C(F)(F)F)C(F)(F)F)C(C)(C)CBr. The van der Waals surface area contributed by atoms with E-state index in [2.05, 4.69) is 15.9 Å². The van der Waals surface area contributed by atoms with E-state index >= 15 is 0 Å². The third-order valence-electron chi connectivity index (χ3n) is 2.47. The molecule has 0 atom stereocenters. The molecule has 0 aromatic rings. The monoisotopic (exact) mass is 343 g/mol. The second kappa shape index (κ2) is 5.26. The van der Waals surface area contributed by atoms with Crippen LogP contribution in [-0.2, 0) is 4.79 Å². The van der Waals surface area contributed by atoms with E-state index < -0.39 is 29.7 Å². The molecular formula is C9H12BrF6NO. The third-order valence-corrected chi connectivity index (χ3v) is 3.84. The van der Waals surface area contributed by atoms with Gasteiger partial charge in [-0.1, -0.05) is 15.9 Å². The molecule has 0 aromatic carbocycles. The topological polar surface area (TPSA) is 20.3 Å². The van der Waals surface area contributed by atoms with Gasteiger partial charge >= 0.3 is 12.4 Å². The minimum absolute atomic E-state index is 0.0463. The van der Waals surface area contributed by atoms with Gasteiger partial charge in [0.05, 0.1) is 0 Å². The molecule has 0 unspecified atom stereocenters. The summed E-state index contributed by atoms with van der Waals surface area (Å²) >= 11 is 2.93. The molecule has 0 radical (unpaired) electrons. The van der Waals surface area contributed by atoms with Crippen molar-refractivity contribution in [3.05, 3.63) is 0 Å². The van der Waals surface area contributed by atoms with Crippen LogP contribution in [0.3, 0.4) is 0 Å². The van der Waals surface area contributed by atoms with Gasteiger partial charge in [0.15, 0.2) is 0 Å². The van der Waals surface area contributed by atoms with E-state index in [-0.39, 0.29) is 5.33 Å². The van der Waals surface area contributed by atoms with Crippen molar-refractivity contribution >= 4 is 21.8 Å². The van der Waals surface area contributed by atoms with Gasteiger partial charge < -0.3 is 4.90 Å². The van der Waals surface area contributed by atoms with E-state index in [9.17, 15) is 31.1 Å². The highest BCUT2D eigenvalue weighted by Crippen LogP contribution is 2.41. The van der Waals surface area contributed by atoms with Gasteiger partial charge in [0.2, 0.25) is 11.8 Å².